The molecule has 0 atom stereocenters. The summed E-state index contributed by atoms with van der Waals surface area (Å²) in [4.78, 5) is 12.4. The van der Waals surface area contributed by atoms with Crippen LogP contribution >= 0.6 is 0 Å². The first-order chi connectivity index (χ1) is 11.3. The molecule has 6 heteroatoms. The lowest BCUT2D eigenvalue weighted by atomic mass is 10.2. The topological polar surface area (TPSA) is 65.4 Å². The Hall–Kier alpha value is -3.28. The minimum absolute atomic E-state index is 0.187. The highest BCUT2D eigenvalue weighted by atomic mass is 16.7. The number of anilines is 1. The smallest absolute Gasteiger partial charge is 0.255 e. The van der Waals surface area contributed by atoms with Gasteiger partial charge < -0.3 is 14.8 Å². The summed E-state index contributed by atoms with van der Waals surface area (Å²) >= 11 is 0. The summed E-state index contributed by atoms with van der Waals surface area (Å²) in [5.74, 6) is 1.03. The molecule has 1 N–H and O–H groups in total. The predicted molar refractivity (Wildman–Crippen MR) is 84.1 cm³/mol. The second-order valence-corrected chi connectivity index (χ2v) is 5.02. The molecule has 3 aromatic rings. The molecule has 1 aromatic heterocycles. The number of nitrogens with one attached hydrogen (secondary N) is 1. The van der Waals surface area contributed by atoms with Gasteiger partial charge in [0.05, 0.1) is 5.69 Å². The SMILES string of the molecule is O=C(Nc1cccc(-n2cccn2)c1)c1ccc2c(c1)OCO2. The quantitative estimate of drug-likeness (QED) is 0.808. The summed E-state index contributed by atoms with van der Waals surface area (Å²) in [5.41, 5.74) is 2.08. The Kier molecular flexibility index (Phi) is 3.20. The maximum absolute atomic E-state index is 12.4. The molecule has 1 aliphatic heterocycles. The molecule has 1 amide bonds. The minimum atomic E-state index is -0.207. The molecular formula is C17H13N3O3. The summed E-state index contributed by atoms with van der Waals surface area (Å²) in [7, 11) is 0. The van der Waals surface area contributed by atoms with Crippen LogP contribution in [0.4, 0.5) is 5.69 Å². The van der Waals surface area contributed by atoms with Crippen molar-refractivity contribution in [2.24, 2.45) is 0 Å². The summed E-state index contributed by atoms with van der Waals surface area (Å²) in [6.45, 7) is 0.187. The second kappa shape index (κ2) is 5.49. The zero-order valence-corrected chi connectivity index (χ0v) is 12.1. The molecular weight excluding hydrogens is 294 g/mol. The lowest BCUT2D eigenvalue weighted by Crippen LogP contribution is -2.12. The van der Waals surface area contributed by atoms with E-state index < -0.39 is 0 Å². The van der Waals surface area contributed by atoms with Crippen LogP contribution in [0.3, 0.4) is 0 Å². The fourth-order valence-electron chi connectivity index (χ4n) is 2.39. The van der Waals surface area contributed by atoms with Crippen molar-refractivity contribution in [2.45, 2.75) is 0 Å². The van der Waals surface area contributed by atoms with E-state index in [2.05, 4.69) is 10.4 Å². The summed E-state index contributed by atoms with van der Waals surface area (Å²) in [6, 6.07) is 14.4. The van der Waals surface area contributed by atoms with Crippen LogP contribution in [0.1, 0.15) is 10.4 Å². The number of hydrogen-bond donors (Lipinski definition) is 1. The normalized spacial score (nSPS) is 12.2. The van der Waals surface area contributed by atoms with E-state index in [-0.39, 0.29) is 12.7 Å². The third-order valence-electron chi connectivity index (χ3n) is 3.51. The van der Waals surface area contributed by atoms with Gasteiger partial charge in [-0.05, 0) is 42.5 Å². The lowest BCUT2D eigenvalue weighted by molar-refractivity contribution is 0.102. The van der Waals surface area contributed by atoms with Crippen LogP contribution in [-0.4, -0.2) is 22.5 Å². The Morgan fingerprint density at radius 2 is 2.00 bits per heavy atom. The average Bonchev–Trinajstić information content (AvgIpc) is 3.26. The molecule has 0 radical (unpaired) electrons. The molecule has 6 nitrogen and oxygen atoms in total. The van der Waals surface area contributed by atoms with Gasteiger partial charge in [0.25, 0.3) is 5.91 Å². The number of nitrogens with zero attached hydrogens (tertiary/aromatic N) is 2. The van der Waals surface area contributed by atoms with Crippen molar-refractivity contribution in [1.29, 1.82) is 0 Å². The number of fused-ring (bicyclic) bond motifs is 1. The van der Waals surface area contributed by atoms with E-state index in [4.69, 9.17) is 9.47 Å². The van der Waals surface area contributed by atoms with Gasteiger partial charge in [-0.15, -0.1) is 0 Å². The van der Waals surface area contributed by atoms with Crippen LogP contribution in [0.2, 0.25) is 0 Å². The first-order valence-corrected chi connectivity index (χ1v) is 7.11. The van der Waals surface area contributed by atoms with E-state index in [1.807, 2.05) is 36.5 Å². The zero-order valence-electron chi connectivity index (χ0n) is 12.1. The van der Waals surface area contributed by atoms with E-state index in [9.17, 15) is 4.79 Å². The summed E-state index contributed by atoms with van der Waals surface area (Å²) in [5, 5.41) is 7.05. The first-order valence-electron chi connectivity index (χ1n) is 7.11. The number of aromatic nitrogens is 2. The van der Waals surface area contributed by atoms with Gasteiger partial charge in [0.2, 0.25) is 6.79 Å². The third-order valence-corrected chi connectivity index (χ3v) is 3.51. The standard InChI is InChI=1S/C17H13N3O3/c21-17(12-5-6-15-16(9-12)23-11-22-15)19-13-3-1-4-14(10-13)20-8-2-7-18-20/h1-10H,11H2,(H,19,21). The van der Waals surface area contributed by atoms with Gasteiger partial charge in [-0.25, -0.2) is 4.68 Å². The van der Waals surface area contributed by atoms with Crippen molar-refractivity contribution in [3.8, 4) is 17.2 Å². The number of hydrogen-bond acceptors (Lipinski definition) is 4. The molecule has 2 heterocycles. The van der Waals surface area contributed by atoms with Gasteiger partial charge in [0.1, 0.15) is 0 Å². The average molecular weight is 307 g/mol. The van der Waals surface area contributed by atoms with Gasteiger partial charge in [0, 0.05) is 23.6 Å². The van der Waals surface area contributed by atoms with Crippen molar-refractivity contribution in [2.75, 3.05) is 12.1 Å². The number of carbonyl (C=O) groups excluding carboxylic acids is 1. The molecule has 4 rings (SSSR count). The third kappa shape index (κ3) is 2.62. The minimum Gasteiger partial charge on any atom is -0.454 e. The molecule has 114 valence electrons. The van der Waals surface area contributed by atoms with Crippen molar-refractivity contribution >= 4 is 11.6 Å². The van der Waals surface area contributed by atoms with Gasteiger partial charge in [-0.2, -0.15) is 5.10 Å². The molecule has 0 bridgehead atoms. The molecule has 0 saturated heterocycles. The number of ether oxygens (including phenoxy) is 2. The second-order valence-electron chi connectivity index (χ2n) is 5.02. The molecule has 1 aliphatic rings. The first kappa shape index (κ1) is 13.4. The van der Waals surface area contributed by atoms with Gasteiger partial charge in [-0.1, -0.05) is 6.07 Å². The fourth-order valence-corrected chi connectivity index (χ4v) is 2.39. The maximum Gasteiger partial charge on any atom is 0.255 e. The molecule has 0 spiro atoms. The molecule has 2 aromatic carbocycles. The van der Waals surface area contributed by atoms with Gasteiger partial charge in [0.15, 0.2) is 11.5 Å². The van der Waals surface area contributed by atoms with Crippen LogP contribution in [0.5, 0.6) is 11.5 Å². The van der Waals surface area contributed by atoms with Crippen molar-refractivity contribution in [3.63, 3.8) is 0 Å². The Morgan fingerprint density at radius 1 is 1.09 bits per heavy atom. The van der Waals surface area contributed by atoms with E-state index in [1.54, 1.807) is 29.1 Å². The van der Waals surface area contributed by atoms with Crippen LogP contribution in [-0.2, 0) is 0 Å². The number of rotatable bonds is 3. The zero-order chi connectivity index (χ0) is 15.6. The lowest BCUT2D eigenvalue weighted by Gasteiger charge is -2.08. The van der Waals surface area contributed by atoms with Crippen LogP contribution in [0.15, 0.2) is 60.9 Å². The number of amides is 1. The van der Waals surface area contributed by atoms with E-state index >= 15 is 0 Å². The van der Waals surface area contributed by atoms with E-state index in [0.717, 1.165) is 5.69 Å². The largest absolute Gasteiger partial charge is 0.454 e. The fraction of sp³-hybridized carbons (Fsp3) is 0.0588. The Balaban J connectivity index is 1.56. The Bertz CT molecular complexity index is 859. The van der Waals surface area contributed by atoms with Crippen LogP contribution in [0, 0.1) is 0 Å². The van der Waals surface area contributed by atoms with Crippen molar-refractivity contribution < 1.29 is 14.3 Å². The summed E-state index contributed by atoms with van der Waals surface area (Å²) < 4.78 is 12.3. The monoisotopic (exact) mass is 307 g/mol. The number of benzene rings is 2. The number of carbonyl (C=O) groups is 1. The molecule has 0 aliphatic carbocycles. The van der Waals surface area contributed by atoms with Gasteiger partial charge >= 0.3 is 0 Å². The predicted octanol–water partition coefficient (Wildman–Crippen LogP) is 2.85. The highest BCUT2D eigenvalue weighted by molar-refractivity contribution is 6.04. The van der Waals surface area contributed by atoms with Crippen molar-refractivity contribution in [1.82, 2.24) is 9.78 Å². The summed E-state index contributed by atoms with van der Waals surface area (Å²) in [6.07, 6.45) is 3.55. The van der Waals surface area contributed by atoms with Crippen LogP contribution < -0.4 is 14.8 Å². The Labute approximate surface area is 132 Å². The van der Waals surface area contributed by atoms with Crippen LogP contribution in [0.25, 0.3) is 5.69 Å². The van der Waals surface area contributed by atoms with E-state index in [0.29, 0.717) is 22.7 Å². The van der Waals surface area contributed by atoms with E-state index in [1.165, 1.54) is 0 Å². The maximum atomic E-state index is 12.4. The van der Waals surface area contributed by atoms with Gasteiger partial charge in [-0.3, -0.25) is 4.79 Å². The Morgan fingerprint density at radius 3 is 2.87 bits per heavy atom. The molecule has 0 saturated carbocycles. The molecule has 23 heavy (non-hydrogen) atoms. The highest BCUT2D eigenvalue weighted by Crippen LogP contribution is 2.32. The molecule has 0 unspecified atom stereocenters. The van der Waals surface area contributed by atoms with Crippen molar-refractivity contribution in [3.05, 3.63) is 66.5 Å². The molecule has 0 fully saturated rings. The highest BCUT2D eigenvalue weighted by Gasteiger charge is 2.16.